The predicted octanol–water partition coefficient (Wildman–Crippen LogP) is 4.30. The number of para-hydroxylation sites is 1. The molecule has 2 N–H and O–H groups in total. The molecule has 0 radical (unpaired) electrons. The SMILES string of the molecule is Cc1c(CCC(=O)Nc2nc3ccccc3s2)c(=O)oc2c(C)c(O)ccc12. The summed E-state index contributed by atoms with van der Waals surface area (Å²) in [6, 6.07) is 11.0. The van der Waals surface area contributed by atoms with E-state index in [4.69, 9.17) is 4.42 Å². The van der Waals surface area contributed by atoms with E-state index in [1.807, 2.05) is 31.2 Å². The number of phenolic OH excluding ortho intramolecular Hbond substituents is 1. The summed E-state index contributed by atoms with van der Waals surface area (Å²) in [5.41, 5.74) is 2.50. The normalized spacial score (nSPS) is 11.2. The predicted molar refractivity (Wildman–Crippen MR) is 110 cm³/mol. The lowest BCUT2D eigenvalue weighted by molar-refractivity contribution is -0.116. The third kappa shape index (κ3) is 3.25. The minimum absolute atomic E-state index is 0.0815. The molecule has 28 heavy (non-hydrogen) atoms. The number of rotatable bonds is 4. The number of aromatic nitrogens is 1. The number of hydrogen-bond acceptors (Lipinski definition) is 6. The molecule has 0 unspecified atom stereocenters. The minimum Gasteiger partial charge on any atom is -0.508 e. The van der Waals surface area contributed by atoms with Crippen LogP contribution in [0.2, 0.25) is 0 Å². The third-order valence-corrected chi connectivity index (χ3v) is 5.77. The second-order valence-corrected chi connectivity index (χ2v) is 7.65. The van der Waals surface area contributed by atoms with E-state index in [2.05, 4.69) is 10.3 Å². The number of benzene rings is 2. The number of hydrogen-bond donors (Lipinski definition) is 2. The van der Waals surface area contributed by atoms with E-state index in [1.165, 1.54) is 11.3 Å². The maximum atomic E-state index is 12.4. The number of aryl methyl sites for hydroxylation is 2. The van der Waals surface area contributed by atoms with Crippen LogP contribution in [0.1, 0.15) is 23.1 Å². The van der Waals surface area contributed by atoms with Crippen LogP contribution < -0.4 is 10.9 Å². The van der Waals surface area contributed by atoms with Crippen LogP contribution in [0, 0.1) is 13.8 Å². The summed E-state index contributed by atoms with van der Waals surface area (Å²) >= 11 is 1.41. The molecule has 0 aliphatic heterocycles. The number of nitrogens with one attached hydrogen (secondary N) is 1. The molecule has 1 amide bonds. The first-order valence-corrected chi connectivity index (χ1v) is 9.66. The number of anilines is 1. The summed E-state index contributed by atoms with van der Waals surface area (Å²) in [5, 5.41) is 13.9. The Balaban J connectivity index is 1.54. The van der Waals surface area contributed by atoms with Crippen LogP contribution in [0.5, 0.6) is 5.75 Å². The first kappa shape index (κ1) is 18.2. The molecule has 2 heterocycles. The molecule has 142 valence electrons. The highest BCUT2D eigenvalue weighted by molar-refractivity contribution is 7.22. The van der Waals surface area contributed by atoms with Crippen LogP contribution in [-0.2, 0) is 11.2 Å². The van der Waals surface area contributed by atoms with Gasteiger partial charge in [-0.3, -0.25) is 4.79 Å². The number of carbonyl (C=O) groups is 1. The third-order valence-electron chi connectivity index (χ3n) is 4.82. The van der Waals surface area contributed by atoms with Crippen molar-refractivity contribution in [1.29, 1.82) is 0 Å². The zero-order valence-corrected chi connectivity index (χ0v) is 16.2. The van der Waals surface area contributed by atoms with Gasteiger partial charge in [0.25, 0.3) is 0 Å². The fraction of sp³-hybridized carbons (Fsp3) is 0.190. The van der Waals surface area contributed by atoms with E-state index in [0.717, 1.165) is 21.2 Å². The molecule has 0 spiro atoms. The van der Waals surface area contributed by atoms with Crippen molar-refractivity contribution in [2.24, 2.45) is 0 Å². The number of fused-ring (bicyclic) bond motifs is 2. The van der Waals surface area contributed by atoms with Crippen LogP contribution in [-0.4, -0.2) is 16.0 Å². The molecule has 2 aromatic carbocycles. The number of aromatic hydroxyl groups is 1. The van der Waals surface area contributed by atoms with Crippen molar-refractivity contribution in [2.45, 2.75) is 26.7 Å². The Labute approximate surface area is 164 Å². The summed E-state index contributed by atoms with van der Waals surface area (Å²) in [7, 11) is 0. The smallest absolute Gasteiger partial charge is 0.339 e. The van der Waals surface area contributed by atoms with Gasteiger partial charge in [-0.05, 0) is 50.1 Å². The molecule has 0 aliphatic carbocycles. The van der Waals surface area contributed by atoms with Gasteiger partial charge in [0.05, 0.1) is 10.2 Å². The molecule has 4 rings (SSSR count). The Kier molecular flexibility index (Phi) is 4.60. The quantitative estimate of drug-likeness (QED) is 0.504. The second-order valence-electron chi connectivity index (χ2n) is 6.61. The summed E-state index contributed by atoms with van der Waals surface area (Å²) in [5.74, 6) is -0.127. The highest BCUT2D eigenvalue weighted by Gasteiger charge is 2.16. The molecule has 7 heteroatoms. The number of thiazole rings is 1. The summed E-state index contributed by atoms with van der Waals surface area (Å²) in [4.78, 5) is 29.1. The Morgan fingerprint density at radius 3 is 2.75 bits per heavy atom. The van der Waals surface area contributed by atoms with Gasteiger partial charge in [0, 0.05) is 22.9 Å². The maximum Gasteiger partial charge on any atom is 0.339 e. The number of nitrogens with zero attached hydrogens (tertiary/aromatic N) is 1. The Bertz CT molecular complexity index is 1240. The van der Waals surface area contributed by atoms with Crippen LogP contribution in [0.4, 0.5) is 5.13 Å². The van der Waals surface area contributed by atoms with Gasteiger partial charge in [0.1, 0.15) is 11.3 Å². The maximum absolute atomic E-state index is 12.4. The fourth-order valence-corrected chi connectivity index (χ4v) is 4.10. The molecule has 0 bridgehead atoms. The van der Waals surface area contributed by atoms with E-state index >= 15 is 0 Å². The number of phenols is 1. The van der Waals surface area contributed by atoms with Crippen LogP contribution in [0.25, 0.3) is 21.2 Å². The molecular formula is C21H18N2O4S. The molecule has 4 aromatic rings. The second kappa shape index (κ2) is 7.09. The van der Waals surface area contributed by atoms with E-state index in [0.29, 0.717) is 21.8 Å². The molecule has 2 aromatic heterocycles. The van der Waals surface area contributed by atoms with Crippen molar-refractivity contribution in [1.82, 2.24) is 4.98 Å². The largest absolute Gasteiger partial charge is 0.508 e. The van der Waals surface area contributed by atoms with Gasteiger partial charge in [-0.1, -0.05) is 23.5 Å². The number of amides is 1. The molecule has 6 nitrogen and oxygen atoms in total. The standard InChI is InChI=1S/C21H18N2O4S/c1-11-13-7-9-16(24)12(2)19(13)27-20(26)14(11)8-10-18(25)23-21-22-15-5-3-4-6-17(15)28-21/h3-7,9,24H,8,10H2,1-2H3,(H,22,23,25). The topological polar surface area (TPSA) is 92.4 Å². The summed E-state index contributed by atoms with van der Waals surface area (Å²) in [6.07, 6.45) is 0.408. The van der Waals surface area contributed by atoms with Crippen molar-refractivity contribution in [3.63, 3.8) is 0 Å². The van der Waals surface area contributed by atoms with Gasteiger partial charge in [0.2, 0.25) is 5.91 Å². The number of carbonyl (C=O) groups excluding carboxylic acids is 1. The van der Waals surface area contributed by atoms with E-state index < -0.39 is 5.63 Å². The van der Waals surface area contributed by atoms with Crippen LogP contribution >= 0.6 is 11.3 Å². The van der Waals surface area contributed by atoms with Crippen molar-refractivity contribution >= 4 is 43.6 Å². The lowest BCUT2D eigenvalue weighted by Gasteiger charge is -2.10. The zero-order valence-electron chi connectivity index (χ0n) is 15.4. The van der Waals surface area contributed by atoms with E-state index in [1.54, 1.807) is 19.1 Å². The fourth-order valence-electron chi connectivity index (χ4n) is 3.21. The van der Waals surface area contributed by atoms with Gasteiger partial charge < -0.3 is 14.8 Å². The van der Waals surface area contributed by atoms with Gasteiger partial charge in [-0.15, -0.1) is 0 Å². The van der Waals surface area contributed by atoms with Crippen molar-refractivity contribution in [2.75, 3.05) is 5.32 Å². The Hall–Kier alpha value is -3.19. The first-order chi connectivity index (χ1) is 13.4. The summed E-state index contributed by atoms with van der Waals surface area (Å²) < 4.78 is 6.42. The van der Waals surface area contributed by atoms with Crippen molar-refractivity contribution in [3.8, 4) is 5.75 Å². The van der Waals surface area contributed by atoms with Gasteiger partial charge in [-0.2, -0.15) is 0 Å². The molecule has 0 atom stereocenters. The monoisotopic (exact) mass is 394 g/mol. The Morgan fingerprint density at radius 1 is 1.18 bits per heavy atom. The van der Waals surface area contributed by atoms with E-state index in [9.17, 15) is 14.7 Å². The Morgan fingerprint density at radius 2 is 1.96 bits per heavy atom. The van der Waals surface area contributed by atoms with Crippen molar-refractivity contribution in [3.05, 3.63) is 63.5 Å². The lowest BCUT2D eigenvalue weighted by atomic mass is 10.0. The summed E-state index contributed by atoms with van der Waals surface area (Å²) in [6.45, 7) is 3.53. The molecule has 0 saturated heterocycles. The van der Waals surface area contributed by atoms with Gasteiger partial charge >= 0.3 is 5.63 Å². The van der Waals surface area contributed by atoms with Crippen LogP contribution in [0.15, 0.2) is 45.6 Å². The van der Waals surface area contributed by atoms with Crippen molar-refractivity contribution < 1.29 is 14.3 Å². The first-order valence-electron chi connectivity index (χ1n) is 8.84. The highest BCUT2D eigenvalue weighted by Crippen LogP contribution is 2.29. The van der Waals surface area contributed by atoms with Crippen LogP contribution in [0.3, 0.4) is 0 Å². The average molecular weight is 394 g/mol. The molecule has 0 saturated carbocycles. The molecule has 0 fully saturated rings. The minimum atomic E-state index is -0.480. The van der Waals surface area contributed by atoms with Gasteiger partial charge in [-0.25, -0.2) is 9.78 Å². The van der Waals surface area contributed by atoms with Gasteiger partial charge in [0.15, 0.2) is 5.13 Å². The van der Waals surface area contributed by atoms with E-state index in [-0.39, 0.29) is 24.5 Å². The average Bonchev–Trinajstić information content (AvgIpc) is 3.07. The molecular weight excluding hydrogens is 376 g/mol. The lowest BCUT2D eigenvalue weighted by Crippen LogP contribution is -2.16. The zero-order chi connectivity index (χ0) is 19.8. The molecule has 0 aliphatic rings. The highest BCUT2D eigenvalue weighted by atomic mass is 32.1.